The monoisotopic (exact) mass is 626 g/mol. The molecule has 0 radical (unpaired) electrons. The summed E-state index contributed by atoms with van der Waals surface area (Å²) in [6.45, 7) is 0. The molecule has 228 valence electrons. The molecular formula is C45H26N2O2. The second-order valence-corrected chi connectivity index (χ2v) is 12.7. The molecule has 3 heterocycles. The number of aromatic nitrogens is 2. The Bertz CT molecular complexity index is 3100. The van der Waals surface area contributed by atoms with E-state index in [-0.39, 0.29) is 0 Å². The van der Waals surface area contributed by atoms with Crippen LogP contribution in [0.15, 0.2) is 167 Å². The van der Waals surface area contributed by atoms with E-state index in [4.69, 9.17) is 13.8 Å². The van der Waals surface area contributed by atoms with Crippen molar-refractivity contribution < 1.29 is 8.83 Å². The van der Waals surface area contributed by atoms with E-state index in [0.717, 1.165) is 55.4 Å². The summed E-state index contributed by atoms with van der Waals surface area (Å²) in [6, 6.07) is 55.5. The van der Waals surface area contributed by atoms with Crippen LogP contribution in [0.3, 0.4) is 0 Å². The Labute approximate surface area is 280 Å². The highest BCUT2D eigenvalue weighted by atomic mass is 16.4. The van der Waals surface area contributed by atoms with Crippen molar-refractivity contribution in [1.82, 2.24) is 9.55 Å². The van der Waals surface area contributed by atoms with E-state index in [2.05, 4.69) is 144 Å². The Balaban J connectivity index is 1.09. The molecule has 0 aliphatic carbocycles. The van der Waals surface area contributed by atoms with Crippen LogP contribution in [-0.4, -0.2) is 9.55 Å². The summed E-state index contributed by atoms with van der Waals surface area (Å²) in [5, 5.41) is 9.41. The lowest BCUT2D eigenvalue weighted by Crippen LogP contribution is -1.93. The fraction of sp³-hybridized carbons (Fsp3) is 0. The Morgan fingerprint density at radius 3 is 2.02 bits per heavy atom. The predicted molar refractivity (Wildman–Crippen MR) is 202 cm³/mol. The summed E-state index contributed by atoms with van der Waals surface area (Å²) in [6.07, 6.45) is 0. The second-order valence-electron chi connectivity index (χ2n) is 12.7. The van der Waals surface area contributed by atoms with Crippen LogP contribution >= 0.6 is 0 Å². The van der Waals surface area contributed by atoms with Gasteiger partial charge >= 0.3 is 0 Å². The zero-order chi connectivity index (χ0) is 32.1. The Kier molecular flexibility index (Phi) is 5.35. The van der Waals surface area contributed by atoms with Crippen molar-refractivity contribution in [3.8, 4) is 28.3 Å². The van der Waals surface area contributed by atoms with Crippen LogP contribution in [0.2, 0.25) is 0 Å². The molecule has 11 rings (SSSR count). The molecule has 4 heteroatoms. The molecule has 11 aromatic rings. The third kappa shape index (κ3) is 3.83. The summed E-state index contributed by atoms with van der Waals surface area (Å²) >= 11 is 0. The summed E-state index contributed by atoms with van der Waals surface area (Å²) in [7, 11) is 0. The Morgan fingerprint density at radius 2 is 1.14 bits per heavy atom. The number of nitrogens with zero attached hydrogens (tertiary/aromatic N) is 2. The van der Waals surface area contributed by atoms with Crippen LogP contribution in [0, 0.1) is 0 Å². The van der Waals surface area contributed by atoms with Gasteiger partial charge in [0.1, 0.15) is 16.7 Å². The van der Waals surface area contributed by atoms with E-state index in [9.17, 15) is 0 Å². The average Bonchev–Trinajstić information content (AvgIpc) is 3.86. The molecule has 49 heavy (non-hydrogen) atoms. The van der Waals surface area contributed by atoms with Crippen molar-refractivity contribution in [2.24, 2.45) is 0 Å². The van der Waals surface area contributed by atoms with Gasteiger partial charge in [0.15, 0.2) is 5.58 Å². The molecule has 0 bridgehead atoms. The van der Waals surface area contributed by atoms with E-state index in [1.54, 1.807) is 0 Å². The summed E-state index contributed by atoms with van der Waals surface area (Å²) < 4.78 is 15.5. The molecule has 3 aromatic heterocycles. The van der Waals surface area contributed by atoms with E-state index < -0.39 is 0 Å². The van der Waals surface area contributed by atoms with E-state index in [0.29, 0.717) is 5.89 Å². The van der Waals surface area contributed by atoms with Gasteiger partial charge in [0.25, 0.3) is 0 Å². The zero-order valence-corrected chi connectivity index (χ0v) is 26.2. The number of fused-ring (bicyclic) bond motifs is 11. The van der Waals surface area contributed by atoms with Gasteiger partial charge in [-0.2, -0.15) is 0 Å². The molecular weight excluding hydrogens is 601 g/mol. The number of hydrogen-bond acceptors (Lipinski definition) is 3. The molecule has 4 nitrogen and oxygen atoms in total. The number of furan rings is 1. The molecule has 0 unspecified atom stereocenters. The molecule has 0 aliphatic rings. The number of hydrogen-bond donors (Lipinski definition) is 0. The molecule has 0 fully saturated rings. The van der Waals surface area contributed by atoms with E-state index >= 15 is 0 Å². The van der Waals surface area contributed by atoms with E-state index in [1.807, 2.05) is 18.2 Å². The third-order valence-corrected chi connectivity index (χ3v) is 10.0. The predicted octanol–water partition coefficient (Wildman–Crippen LogP) is 12.5. The van der Waals surface area contributed by atoms with Crippen molar-refractivity contribution in [3.05, 3.63) is 158 Å². The number of para-hydroxylation sites is 2. The summed E-state index contributed by atoms with van der Waals surface area (Å²) in [5.74, 6) is 0.581. The molecule has 0 atom stereocenters. The van der Waals surface area contributed by atoms with Crippen LogP contribution in [0.1, 0.15) is 0 Å². The number of benzene rings is 8. The van der Waals surface area contributed by atoms with Crippen molar-refractivity contribution in [1.29, 1.82) is 0 Å². The first-order valence-corrected chi connectivity index (χ1v) is 16.5. The van der Waals surface area contributed by atoms with Crippen molar-refractivity contribution in [3.63, 3.8) is 0 Å². The Morgan fingerprint density at radius 1 is 0.449 bits per heavy atom. The lowest BCUT2D eigenvalue weighted by Gasteiger charge is -2.09. The molecule has 0 N–H and O–H groups in total. The van der Waals surface area contributed by atoms with Gasteiger partial charge in [-0.1, -0.05) is 103 Å². The minimum Gasteiger partial charge on any atom is -0.455 e. The summed E-state index contributed by atoms with van der Waals surface area (Å²) in [4.78, 5) is 5.11. The normalized spacial score (nSPS) is 12.1. The van der Waals surface area contributed by atoms with Crippen LogP contribution in [0.5, 0.6) is 0 Å². The lowest BCUT2D eigenvalue weighted by atomic mass is 9.98. The highest BCUT2D eigenvalue weighted by molar-refractivity contribution is 6.22. The SMILES string of the molecule is c1ccc2cc(-c3cc4oc(-c5ccc(-n6c7ccccc7c7c8ccccc8ccc76)cc5)nc4c4c3oc3ccccc34)ccc2c1. The van der Waals surface area contributed by atoms with Crippen LogP contribution in [0.25, 0.3) is 105 Å². The fourth-order valence-electron chi connectivity index (χ4n) is 7.74. The fourth-order valence-corrected chi connectivity index (χ4v) is 7.74. The first-order valence-electron chi connectivity index (χ1n) is 16.5. The largest absolute Gasteiger partial charge is 0.455 e. The first kappa shape index (κ1) is 26.4. The van der Waals surface area contributed by atoms with Gasteiger partial charge in [-0.15, -0.1) is 0 Å². The van der Waals surface area contributed by atoms with Crippen LogP contribution in [0.4, 0.5) is 0 Å². The molecule has 0 amide bonds. The molecule has 0 saturated heterocycles. The molecule has 0 saturated carbocycles. The van der Waals surface area contributed by atoms with E-state index in [1.165, 1.54) is 43.4 Å². The van der Waals surface area contributed by atoms with Gasteiger partial charge in [-0.25, -0.2) is 4.98 Å². The maximum atomic E-state index is 6.59. The van der Waals surface area contributed by atoms with Gasteiger partial charge < -0.3 is 13.4 Å². The Hall–Kier alpha value is -6.65. The maximum Gasteiger partial charge on any atom is 0.227 e. The van der Waals surface area contributed by atoms with Gasteiger partial charge in [-0.3, -0.25) is 0 Å². The minimum absolute atomic E-state index is 0.581. The van der Waals surface area contributed by atoms with Gasteiger partial charge in [0.2, 0.25) is 5.89 Å². The van der Waals surface area contributed by atoms with Gasteiger partial charge in [-0.05, 0) is 81.7 Å². The highest BCUT2D eigenvalue weighted by Gasteiger charge is 2.21. The van der Waals surface area contributed by atoms with Crippen molar-refractivity contribution in [2.45, 2.75) is 0 Å². The third-order valence-electron chi connectivity index (χ3n) is 10.0. The quantitative estimate of drug-likeness (QED) is 0.196. The minimum atomic E-state index is 0.581. The van der Waals surface area contributed by atoms with Crippen LogP contribution in [-0.2, 0) is 0 Å². The smallest absolute Gasteiger partial charge is 0.227 e. The van der Waals surface area contributed by atoms with Crippen molar-refractivity contribution >= 4 is 76.4 Å². The maximum absolute atomic E-state index is 6.59. The molecule has 8 aromatic carbocycles. The standard InChI is InChI=1S/C45H26N2O2/c1-2-11-30-25-31(18-17-27(30)9-1)36-26-40-43(42-35-14-6-8-16-39(35)48-44(36)42)46-45(49-40)29-19-22-32(23-20-29)47-37-15-7-5-13-34(37)41-33-12-4-3-10-28(33)21-24-38(41)47/h1-26H. The summed E-state index contributed by atoms with van der Waals surface area (Å²) in [5.41, 5.74) is 9.62. The van der Waals surface area contributed by atoms with Gasteiger partial charge in [0.05, 0.1) is 16.4 Å². The first-order chi connectivity index (χ1) is 24.3. The lowest BCUT2D eigenvalue weighted by molar-refractivity contribution is 0.619. The average molecular weight is 627 g/mol. The zero-order valence-electron chi connectivity index (χ0n) is 26.2. The highest BCUT2D eigenvalue weighted by Crippen LogP contribution is 2.43. The van der Waals surface area contributed by atoms with Gasteiger partial charge in [0, 0.05) is 33.0 Å². The number of rotatable bonds is 3. The number of oxazole rings is 1. The van der Waals surface area contributed by atoms with Crippen molar-refractivity contribution in [2.75, 3.05) is 0 Å². The topological polar surface area (TPSA) is 44.1 Å². The molecule has 0 aliphatic heterocycles. The van der Waals surface area contributed by atoms with Crippen LogP contribution < -0.4 is 0 Å². The second kappa shape index (κ2) is 9.93. The molecule has 0 spiro atoms.